The summed E-state index contributed by atoms with van der Waals surface area (Å²) in [6.45, 7) is 0. The highest BCUT2D eigenvalue weighted by atomic mass is 15.2. The van der Waals surface area contributed by atoms with Crippen LogP contribution in [0.15, 0.2) is 12.4 Å². The van der Waals surface area contributed by atoms with Gasteiger partial charge in [0.1, 0.15) is 18.0 Å². The van der Waals surface area contributed by atoms with Gasteiger partial charge in [0.2, 0.25) is 0 Å². The first-order chi connectivity index (χ1) is 8.72. The molecule has 0 atom stereocenters. The highest BCUT2D eigenvalue weighted by molar-refractivity contribution is 5.51. The van der Waals surface area contributed by atoms with E-state index in [9.17, 15) is 0 Å². The van der Waals surface area contributed by atoms with Gasteiger partial charge in [0.25, 0.3) is 0 Å². The first-order valence-corrected chi connectivity index (χ1v) is 6.40. The molecule has 0 unspecified atom stereocenters. The zero-order valence-corrected chi connectivity index (χ0v) is 11.0. The van der Waals surface area contributed by atoms with Crippen molar-refractivity contribution in [3.05, 3.63) is 12.4 Å². The summed E-state index contributed by atoms with van der Waals surface area (Å²) in [4.78, 5) is 12.1. The van der Waals surface area contributed by atoms with Crippen LogP contribution in [-0.4, -0.2) is 30.1 Å². The second kappa shape index (κ2) is 5.67. The molecule has 96 valence electrons. The molecule has 1 aromatic heterocycles. The van der Waals surface area contributed by atoms with Crippen molar-refractivity contribution < 1.29 is 0 Å². The summed E-state index contributed by atoms with van der Waals surface area (Å²) in [6.07, 6.45) is 9.97. The minimum Gasteiger partial charge on any atom is -0.357 e. The van der Waals surface area contributed by atoms with Gasteiger partial charge in [0, 0.05) is 26.2 Å². The fourth-order valence-electron chi connectivity index (χ4n) is 2.42. The number of aromatic nitrogens is 2. The van der Waals surface area contributed by atoms with Crippen LogP contribution in [-0.2, 0) is 0 Å². The van der Waals surface area contributed by atoms with Crippen LogP contribution in [0.3, 0.4) is 0 Å². The van der Waals surface area contributed by atoms with E-state index in [4.69, 9.17) is 5.26 Å². The first kappa shape index (κ1) is 12.6. The van der Waals surface area contributed by atoms with Crippen molar-refractivity contribution >= 4 is 11.6 Å². The lowest BCUT2D eigenvalue weighted by Crippen LogP contribution is -2.34. The third kappa shape index (κ3) is 2.70. The molecule has 1 aromatic rings. The van der Waals surface area contributed by atoms with Crippen LogP contribution in [0.5, 0.6) is 0 Å². The van der Waals surface area contributed by atoms with Gasteiger partial charge in [0.15, 0.2) is 6.19 Å². The molecule has 1 aliphatic rings. The summed E-state index contributed by atoms with van der Waals surface area (Å²) < 4.78 is 0. The van der Waals surface area contributed by atoms with Crippen molar-refractivity contribution in [2.75, 3.05) is 23.9 Å². The predicted octanol–water partition coefficient (Wildman–Crippen LogP) is 2.16. The zero-order valence-electron chi connectivity index (χ0n) is 11.0. The minimum absolute atomic E-state index is 0.564. The lowest BCUT2D eigenvalue weighted by Gasteiger charge is -2.32. The van der Waals surface area contributed by atoms with Gasteiger partial charge in [-0.05, 0) is 12.8 Å². The molecule has 1 aliphatic carbocycles. The molecule has 0 radical (unpaired) electrons. The largest absolute Gasteiger partial charge is 0.357 e. The Kier molecular flexibility index (Phi) is 3.98. The van der Waals surface area contributed by atoms with Gasteiger partial charge in [-0.2, -0.15) is 5.26 Å². The van der Waals surface area contributed by atoms with Gasteiger partial charge in [0.05, 0.1) is 0 Å². The van der Waals surface area contributed by atoms with E-state index in [1.807, 2.05) is 6.07 Å². The van der Waals surface area contributed by atoms with Gasteiger partial charge in [-0.3, -0.25) is 4.90 Å². The van der Waals surface area contributed by atoms with E-state index in [2.05, 4.69) is 28.1 Å². The Hall–Kier alpha value is -1.83. The monoisotopic (exact) mass is 245 g/mol. The zero-order chi connectivity index (χ0) is 13.0. The number of nitrogens with zero attached hydrogens (tertiary/aromatic N) is 5. The van der Waals surface area contributed by atoms with Crippen LogP contribution in [0.4, 0.5) is 11.6 Å². The van der Waals surface area contributed by atoms with Crippen LogP contribution in [0.25, 0.3) is 0 Å². The van der Waals surface area contributed by atoms with E-state index in [-0.39, 0.29) is 0 Å². The van der Waals surface area contributed by atoms with Gasteiger partial charge in [-0.25, -0.2) is 9.97 Å². The Morgan fingerprint density at radius 1 is 1.17 bits per heavy atom. The fraction of sp³-hybridized carbons (Fsp3) is 0.615. The van der Waals surface area contributed by atoms with Crippen LogP contribution in [0.2, 0.25) is 0 Å². The standard InChI is InChI=1S/C13H19N5/c1-17(9-14)12-8-13(16-10-15-12)18(2)11-6-4-3-5-7-11/h8,10-11H,3-7H2,1-2H3. The van der Waals surface area contributed by atoms with Gasteiger partial charge in [-0.1, -0.05) is 19.3 Å². The SMILES string of the molecule is CN(C#N)c1cc(N(C)C2CCCCC2)ncn1. The summed E-state index contributed by atoms with van der Waals surface area (Å²) >= 11 is 0. The Morgan fingerprint density at radius 3 is 2.50 bits per heavy atom. The lowest BCUT2D eigenvalue weighted by molar-refractivity contribution is 0.426. The third-order valence-corrected chi connectivity index (χ3v) is 3.62. The Morgan fingerprint density at radius 2 is 1.83 bits per heavy atom. The predicted molar refractivity (Wildman–Crippen MR) is 71.3 cm³/mol. The van der Waals surface area contributed by atoms with Crippen LogP contribution in [0, 0.1) is 11.5 Å². The van der Waals surface area contributed by atoms with Crippen molar-refractivity contribution in [3.63, 3.8) is 0 Å². The van der Waals surface area contributed by atoms with Crippen LogP contribution >= 0.6 is 0 Å². The molecular formula is C13H19N5. The van der Waals surface area contributed by atoms with Crippen molar-refractivity contribution in [2.24, 2.45) is 0 Å². The molecule has 1 fully saturated rings. The molecule has 0 aliphatic heterocycles. The Labute approximate surface area is 108 Å². The average Bonchev–Trinajstić information content (AvgIpc) is 2.46. The molecule has 18 heavy (non-hydrogen) atoms. The van der Waals surface area contributed by atoms with E-state index in [0.717, 1.165) is 5.82 Å². The van der Waals surface area contributed by atoms with E-state index in [0.29, 0.717) is 11.9 Å². The normalized spacial score (nSPS) is 16.1. The number of hydrogen-bond donors (Lipinski definition) is 0. The second-order valence-corrected chi connectivity index (χ2v) is 4.80. The molecular weight excluding hydrogens is 226 g/mol. The highest BCUT2D eigenvalue weighted by Gasteiger charge is 2.19. The van der Waals surface area contributed by atoms with Crippen LogP contribution in [0.1, 0.15) is 32.1 Å². The first-order valence-electron chi connectivity index (χ1n) is 6.40. The highest BCUT2D eigenvalue weighted by Crippen LogP contribution is 2.25. The topological polar surface area (TPSA) is 56.1 Å². The average molecular weight is 245 g/mol. The summed E-state index contributed by atoms with van der Waals surface area (Å²) in [5, 5.41) is 8.87. The molecule has 2 rings (SSSR count). The minimum atomic E-state index is 0.564. The Bertz CT molecular complexity index is 433. The smallest absolute Gasteiger partial charge is 0.185 e. The third-order valence-electron chi connectivity index (χ3n) is 3.62. The summed E-state index contributed by atoms with van der Waals surface area (Å²) in [7, 11) is 3.78. The lowest BCUT2D eigenvalue weighted by atomic mass is 9.94. The molecule has 0 spiro atoms. The summed E-state index contributed by atoms with van der Waals surface area (Å²) in [5.74, 6) is 1.54. The number of rotatable bonds is 3. The molecule has 1 heterocycles. The van der Waals surface area contributed by atoms with Gasteiger partial charge >= 0.3 is 0 Å². The number of anilines is 2. The van der Waals surface area contributed by atoms with E-state index in [1.54, 1.807) is 7.05 Å². The molecule has 0 N–H and O–H groups in total. The molecule has 5 nitrogen and oxygen atoms in total. The van der Waals surface area contributed by atoms with E-state index in [1.165, 1.54) is 43.3 Å². The fourth-order valence-corrected chi connectivity index (χ4v) is 2.42. The number of nitriles is 1. The van der Waals surface area contributed by atoms with Gasteiger partial charge < -0.3 is 4.90 Å². The molecule has 0 aromatic carbocycles. The van der Waals surface area contributed by atoms with Gasteiger partial charge in [-0.15, -0.1) is 0 Å². The molecule has 0 saturated heterocycles. The van der Waals surface area contributed by atoms with Crippen molar-refractivity contribution in [1.29, 1.82) is 5.26 Å². The molecule has 0 bridgehead atoms. The summed E-state index contributed by atoms with van der Waals surface area (Å²) in [5.41, 5.74) is 0. The van der Waals surface area contributed by atoms with Crippen molar-refractivity contribution in [3.8, 4) is 6.19 Å². The van der Waals surface area contributed by atoms with E-state index < -0.39 is 0 Å². The Balaban J connectivity index is 2.14. The van der Waals surface area contributed by atoms with Crippen molar-refractivity contribution in [1.82, 2.24) is 9.97 Å². The van der Waals surface area contributed by atoms with Crippen LogP contribution < -0.4 is 9.80 Å². The molecule has 0 amide bonds. The molecule has 1 saturated carbocycles. The quantitative estimate of drug-likeness (QED) is 0.603. The van der Waals surface area contributed by atoms with E-state index >= 15 is 0 Å². The van der Waals surface area contributed by atoms with Crippen molar-refractivity contribution in [2.45, 2.75) is 38.1 Å². The summed E-state index contributed by atoms with van der Waals surface area (Å²) in [6, 6.07) is 2.44. The molecule has 5 heteroatoms. The second-order valence-electron chi connectivity index (χ2n) is 4.80. The maximum absolute atomic E-state index is 8.87. The maximum atomic E-state index is 8.87. The number of hydrogen-bond acceptors (Lipinski definition) is 5. The maximum Gasteiger partial charge on any atom is 0.185 e.